The summed E-state index contributed by atoms with van der Waals surface area (Å²) in [6.07, 6.45) is 1.05. The van der Waals surface area contributed by atoms with Crippen molar-refractivity contribution in [2.45, 2.75) is 52.2 Å². The van der Waals surface area contributed by atoms with Crippen molar-refractivity contribution in [2.24, 2.45) is 7.05 Å². The fraction of sp³-hybridized carbons (Fsp3) is 0.440. The Kier molecular flexibility index (Phi) is 6.10. The van der Waals surface area contributed by atoms with E-state index in [1.54, 1.807) is 9.58 Å². The quantitative estimate of drug-likeness (QED) is 0.651. The van der Waals surface area contributed by atoms with Crippen molar-refractivity contribution in [1.82, 2.24) is 25.0 Å². The van der Waals surface area contributed by atoms with Gasteiger partial charge >= 0.3 is 6.09 Å². The van der Waals surface area contributed by atoms with Crippen molar-refractivity contribution in [3.63, 3.8) is 0 Å². The van der Waals surface area contributed by atoms with Gasteiger partial charge in [-0.05, 0) is 46.6 Å². The third-order valence-corrected chi connectivity index (χ3v) is 5.76. The van der Waals surface area contributed by atoms with E-state index in [-0.39, 0.29) is 18.0 Å². The van der Waals surface area contributed by atoms with Gasteiger partial charge in [-0.25, -0.2) is 9.78 Å². The van der Waals surface area contributed by atoms with Crippen molar-refractivity contribution in [2.75, 3.05) is 13.1 Å². The molecule has 0 aliphatic carbocycles. The van der Waals surface area contributed by atoms with Crippen LogP contribution in [0.4, 0.5) is 4.79 Å². The maximum Gasteiger partial charge on any atom is 0.410 e. The molecule has 1 saturated heterocycles. The van der Waals surface area contributed by atoms with Gasteiger partial charge in [-0.15, -0.1) is 0 Å². The fourth-order valence-corrected chi connectivity index (χ4v) is 4.18. The Balaban J connectivity index is 1.53. The number of rotatable bonds is 3. The molecule has 1 aliphatic heterocycles. The van der Waals surface area contributed by atoms with E-state index >= 15 is 0 Å². The van der Waals surface area contributed by atoms with Gasteiger partial charge in [-0.3, -0.25) is 9.48 Å². The van der Waals surface area contributed by atoms with E-state index < -0.39 is 5.60 Å². The van der Waals surface area contributed by atoms with E-state index in [1.807, 2.05) is 71.1 Å². The Morgan fingerprint density at radius 3 is 2.42 bits per heavy atom. The monoisotopic (exact) mass is 449 g/mol. The van der Waals surface area contributed by atoms with Crippen LogP contribution in [0.1, 0.15) is 49.7 Å². The maximum atomic E-state index is 13.4. The van der Waals surface area contributed by atoms with Crippen LogP contribution < -0.4 is 5.32 Å². The number of pyridine rings is 1. The minimum atomic E-state index is -0.521. The first-order valence-electron chi connectivity index (χ1n) is 11.3. The second-order valence-corrected chi connectivity index (χ2v) is 9.54. The summed E-state index contributed by atoms with van der Waals surface area (Å²) in [5.41, 5.74) is 3.17. The lowest BCUT2D eigenvalue weighted by Gasteiger charge is -2.33. The molecule has 1 fully saturated rings. The molecule has 0 atom stereocenters. The first kappa shape index (κ1) is 22.8. The molecular formula is C25H31N5O3. The molecule has 8 heteroatoms. The highest BCUT2D eigenvalue weighted by molar-refractivity contribution is 6.07. The van der Waals surface area contributed by atoms with Crippen LogP contribution in [-0.4, -0.2) is 56.4 Å². The molecule has 1 aliphatic rings. The molecule has 3 heterocycles. The lowest BCUT2D eigenvalue weighted by atomic mass is 10.0. The van der Waals surface area contributed by atoms with Crippen molar-refractivity contribution >= 4 is 23.0 Å². The van der Waals surface area contributed by atoms with Gasteiger partial charge in [0, 0.05) is 31.7 Å². The van der Waals surface area contributed by atoms with E-state index in [2.05, 4.69) is 10.4 Å². The minimum Gasteiger partial charge on any atom is -0.444 e. The predicted molar refractivity (Wildman–Crippen MR) is 127 cm³/mol. The number of aryl methyl sites for hydroxylation is 2. The van der Waals surface area contributed by atoms with Crippen molar-refractivity contribution in [3.05, 3.63) is 47.7 Å². The summed E-state index contributed by atoms with van der Waals surface area (Å²) < 4.78 is 7.18. The summed E-state index contributed by atoms with van der Waals surface area (Å²) in [7, 11) is 1.84. The number of nitrogens with one attached hydrogen (secondary N) is 1. The number of hydrogen-bond acceptors (Lipinski definition) is 5. The summed E-state index contributed by atoms with van der Waals surface area (Å²) in [4.78, 5) is 32.2. The highest BCUT2D eigenvalue weighted by Crippen LogP contribution is 2.27. The smallest absolute Gasteiger partial charge is 0.410 e. The maximum absolute atomic E-state index is 13.4. The van der Waals surface area contributed by atoms with Crippen LogP contribution in [0.5, 0.6) is 0 Å². The Morgan fingerprint density at radius 1 is 1.12 bits per heavy atom. The van der Waals surface area contributed by atoms with Crippen LogP contribution in [0, 0.1) is 6.92 Å². The molecule has 0 bridgehead atoms. The number of piperidine rings is 1. The van der Waals surface area contributed by atoms with Crippen LogP contribution in [0.15, 0.2) is 36.4 Å². The number of carbonyl (C=O) groups excluding carboxylic acids is 2. The average Bonchev–Trinajstić information content (AvgIpc) is 3.06. The second-order valence-electron chi connectivity index (χ2n) is 9.54. The van der Waals surface area contributed by atoms with Crippen LogP contribution in [-0.2, 0) is 11.8 Å². The third kappa shape index (κ3) is 4.99. The number of nitrogens with zero attached hydrogens (tertiary/aromatic N) is 4. The molecule has 2 amide bonds. The summed E-state index contributed by atoms with van der Waals surface area (Å²) in [5.74, 6) is -0.147. The zero-order chi connectivity index (χ0) is 23.8. The van der Waals surface area contributed by atoms with Gasteiger partial charge in [-0.2, -0.15) is 5.10 Å². The van der Waals surface area contributed by atoms with Crippen LogP contribution in [0.3, 0.4) is 0 Å². The number of carbonyl (C=O) groups is 2. The Labute approximate surface area is 193 Å². The number of benzene rings is 1. The van der Waals surface area contributed by atoms with E-state index in [0.717, 1.165) is 22.3 Å². The molecule has 8 nitrogen and oxygen atoms in total. The first-order valence-corrected chi connectivity index (χ1v) is 11.3. The van der Waals surface area contributed by atoms with Gasteiger partial charge in [0.15, 0.2) is 5.65 Å². The summed E-state index contributed by atoms with van der Waals surface area (Å²) in [5, 5.41) is 8.42. The number of aromatic nitrogens is 3. The molecule has 0 radical (unpaired) electrons. The van der Waals surface area contributed by atoms with Gasteiger partial charge < -0.3 is 15.0 Å². The van der Waals surface area contributed by atoms with Gasteiger partial charge in [0.05, 0.1) is 22.3 Å². The molecule has 174 valence electrons. The lowest BCUT2D eigenvalue weighted by Crippen LogP contribution is -2.47. The Bertz CT molecular complexity index is 1170. The standard InChI is InChI=1S/C25H31N5O3/c1-16-21-19(15-20(17-9-7-6-8-10-17)27-22(21)29(5)28-16)23(31)26-18-11-13-30(14-12-18)24(32)33-25(2,3)4/h6-10,15,18H,11-14H2,1-5H3,(H,26,31). The Hall–Kier alpha value is -3.42. The predicted octanol–water partition coefficient (Wildman–Crippen LogP) is 4.07. The fourth-order valence-electron chi connectivity index (χ4n) is 4.18. The van der Waals surface area contributed by atoms with E-state index in [0.29, 0.717) is 37.1 Å². The zero-order valence-corrected chi connectivity index (χ0v) is 19.9. The van der Waals surface area contributed by atoms with Crippen LogP contribution in [0.25, 0.3) is 22.3 Å². The highest BCUT2D eigenvalue weighted by Gasteiger charge is 2.28. The number of hydrogen-bond donors (Lipinski definition) is 1. The third-order valence-electron chi connectivity index (χ3n) is 5.76. The Morgan fingerprint density at radius 2 is 1.79 bits per heavy atom. The van der Waals surface area contributed by atoms with E-state index in [1.165, 1.54) is 0 Å². The summed E-state index contributed by atoms with van der Waals surface area (Å²) in [6.45, 7) is 8.56. The van der Waals surface area contributed by atoms with Gasteiger partial charge in [-0.1, -0.05) is 30.3 Å². The SMILES string of the molecule is Cc1nn(C)c2nc(-c3ccccc3)cc(C(=O)NC3CCN(C(=O)OC(C)(C)C)CC3)c12. The molecule has 0 saturated carbocycles. The van der Waals surface area contributed by atoms with Crippen LogP contribution >= 0.6 is 0 Å². The summed E-state index contributed by atoms with van der Waals surface area (Å²) in [6, 6.07) is 11.6. The van der Waals surface area contributed by atoms with Crippen molar-refractivity contribution in [1.29, 1.82) is 0 Å². The van der Waals surface area contributed by atoms with Gasteiger partial charge in [0.25, 0.3) is 5.91 Å². The molecule has 33 heavy (non-hydrogen) atoms. The topological polar surface area (TPSA) is 89.4 Å². The largest absolute Gasteiger partial charge is 0.444 e. The van der Waals surface area contributed by atoms with Crippen LogP contribution in [0.2, 0.25) is 0 Å². The first-order chi connectivity index (χ1) is 15.6. The van der Waals surface area contributed by atoms with E-state index in [4.69, 9.17) is 9.72 Å². The molecule has 4 rings (SSSR count). The number of amides is 2. The van der Waals surface area contributed by atoms with E-state index in [9.17, 15) is 9.59 Å². The van der Waals surface area contributed by atoms with Gasteiger partial charge in [0.1, 0.15) is 5.60 Å². The molecule has 1 aromatic carbocycles. The molecule has 0 spiro atoms. The molecule has 0 unspecified atom stereocenters. The lowest BCUT2D eigenvalue weighted by molar-refractivity contribution is 0.0199. The zero-order valence-electron chi connectivity index (χ0n) is 19.9. The normalized spacial score (nSPS) is 15.0. The second kappa shape index (κ2) is 8.84. The molecule has 2 aromatic heterocycles. The molecule has 1 N–H and O–H groups in total. The molecular weight excluding hydrogens is 418 g/mol. The summed E-state index contributed by atoms with van der Waals surface area (Å²) >= 11 is 0. The highest BCUT2D eigenvalue weighted by atomic mass is 16.6. The van der Waals surface area contributed by atoms with Crippen molar-refractivity contribution in [3.8, 4) is 11.3 Å². The number of ether oxygens (including phenoxy) is 1. The average molecular weight is 450 g/mol. The van der Waals surface area contributed by atoms with Gasteiger partial charge in [0.2, 0.25) is 0 Å². The number of fused-ring (bicyclic) bond motifs is 1. The minimum absolute atomic E-state index is 0.0171. The number of likely N-dealkylation sites (tertiary alicyclic amines) is 1. The van der Waals surface area contributed by atoms with Crippen molar-refractivity contribution < 1.29 is 14.3 Å². The molecule has 3 aromatic rings.